The number of nitrogens with one attached hydrogen (secondary N) is 1. The maximum Gasteiger partial charge on any atom is 0.233 e. The van der Waals surface area contributed by atoms with E-state index in [-0.39, 0.29) is 11.8 Å². The third-order valence-electron chi connectivity index (χ3n) is 3.10. The van der Waals surface area contributed by atoms with Gasteiger partial charge in [0, 0.05) is 11.9 Å². The molecule has 1 aliphatic heterocycles. The van der Waals surface area contributed by atoms with E-state index < -0.39 is 0 Å². The van der Waals surface area contributed by atoms with E-state index in [2.05, 4.69) is 16.9 Å². The minimum atomic E-state index is -0.121. The van der Waals surface area contributed by atoms with Crippen LogP contribution >= 0.6 is 0 Å². The van der Waals surface area contributed by atoms with Crippen LogP contribution < -0.4 is 5.32 Å². The zero-order valence-electron chi connectivity index (χ0n) is 9.71. The van der Waals surface area contributed by atoms with Crippen LogP contribution in [0.15, 0.2) is 24.5 Å². The van der Waals surface area contributed by atoms with E-state index in [0.29, 0.717) is 0 Å². The molecule has 1 amide bonds. The Labute approximate surface area is 95.6 Å². The average Bonchev–Trinajstić information content (AvgIpc) is 2.22. The minimum absolute atomic E-state index is 0.0204. The third-order valence-corrected chi connectivity index (χ3v) is 3.10. The predicted octanol–water partition coefficient (Wildman–Crippen LogP) is 2.21. The second-order valence-electron chi connectivity index (χ2n) is 4.38. The van der Waals surface area contributed by atoms with Crippen LogP contribution in [0.3, 0.4) is 0 Å². The highest BCUT2D eigenvalue weighted by Gasteiger charge is 2.26. The lowest BCUT2D eigenvalue weighted by molar-refractivity contribution is -0.122. The van der Waals surface area contributed by atoms with Crippen molar-refractivity contribution in [1.82, 2.24) is 10.3 Å². The Morgan fingerprint density at radius 2 is 2.19 bits per heavy atom. The van der Waals surface area contributed by atoms with Gasteiger partial charge in [0.2, 0.25) is 5.91 Å². The highest BCUT2D eigenvalue weighted by Crippen LogP contribution is 2.26. The topological polar surface area (TPSA) is 42.0 Å². The van der Waals surface area contributed by atoms with Crippen molar-refractivity contribution in [3.8, 4) is 0 Å². The van der Waals surface area contributed by atoms with Crippen LogP contribution in [0, 0.1) is 13.8 Å². The molecular weight excluding hydrogens is 200 g/mol. The van der Waals surface area contributed by atoms with Gasteiger partial charge in [-0.3, -0.25) is 9.78 Å². The fourth-order valence-corrected chi connectivity index (χ4v) is 1.89. The molecule has 1 aromatic heterocycles. The Kier molecular flexibility index (Phi) is 2.77. The molecule has 3 heteroatoms. The van der Waals surface area contributed by atoms with Gasteiger partial charge < -0.3 is 5.32 Å². The molecule has 84 valence electrons. The number of hydrogen-bond donors (Lipinski definition) is 1. The number of carbonyl (C=O) groups excluding carboxylic acids is 1. The quantitative estimate of drug-likeness (QED) is 0.782. The standard InChI is InChI=1S/C13H16N2O/c1-8-6-12(14-7-9(8)2)11-5-4-10(3)15-13(11)16/h6-7,11H,3-5H2,1-2H3,(H,15,16). The first-order valence-corrected chi connectivity index (χ1v) is 5.49. The zero-order chi connectivity index (χ0) is 11.7. The van der Waals surface area contributed by atoms with Gasteiger partial charge in [0.15, 0.2) is 0 Å². The van der Waals surface area contributed by atoms with Crippen molar-refractivity contribution in [2.45, 2.75) is 32.6 Å². The summed E-state index contributed by atoms with van der Waals surface area (Å²) in [6, 6.07) is 2.01. The normalized spacial score (nSPS) is 20.8. The Morgan fingerprint density at radius 1 is 1.44 bits per heavy atom. The molecule has 1 saturated heterocycles. The van der Waals surface area contributed by atoms with Crippen LogP contribution in [0.5, 0.6) is 0 Å². The molecule has 0 spiro atoms. The molecule has 0 saturated carbocycles. The van der Waals surface area contributed by atoms with Gasteiger partial charge in [0.25, 0.3) is 0 Å². The van der Waals surface area contributed by atoms with E-state index in [1.165, 1.54) is 5.56 Å². The summed E-state index contributed by atoms with van der Waals surface area (Å²) in [5, 5.41) is 2.79. The van der Waals surface area contributed by atoms with Crippen LogP contribution in [0.1, 0.15) is 35.6 Å². The van der Waals surface area contributed by atoms with Crippen molar-refractivity contribution in [1.29, 1.82) is 0 Å². The van der Waals surface area contributed by atoms with Gasteiger partial charge in [-0.25, -0.2) is 0 Å². The molecular formula is C13H16N2O. The van der Waals surface area contributed by atoms with Crippen molar-refractivity contribution in [2.75, 3.05) is 0 Å². The highest BCUT2D eigenvalue weighted by molar-refractivity contribution is 5.85. The molecule has 1 unspecified atom stereocenters. The molecule has 2 heterocycles. The summed E-state index contributed by atoms with van der Waals surface area (Å²) in [6.07, 6.45) is 3.48. The fourth-order valence-electron chi connectivity index (χ4n) is 1.89. The van der Waals surface area contributed by atoms with Gasteiger partial charge >= 0.3 is 0 Å². The second kappa shape index (κ2) is 4.08. The number of amides is 1. The first-order chi connectivity index (χ1) is 7.58. The largest absolute Gasteiger partial charge is 0.330 e. The minimum Gasteiger partial charge on any atom is -0.330 e. The van der Waals surface area contributed by atoms with Crippen LogP contribution in [-0.2, 0) is 4.79 Å². The van der Waals surface area contributed by atoms with E-state index in [1.54, 1.807) is 0 Å². The van der Waals surface area contributed by atoms with Crippen molar-refractivity contribution in [3.05, 3.63) is 41.4 Å². The number of aromatic nitrogens is 1. The molecule has 1 aromatic rings. The van der Waals surface area contributed by atoms with Crippen molar-refractivity contribution < 1.29 is 4.79 Å². The van der Waals surface area contributed by atoms with Gasteiger partial charge in [-0.1, -0.05) is 6.58 Å². The maximum absolute atomic E-state index is 11.8. The van der Waals surface area contributed by atoms with E-state index >= 15 is 0 Å². The molecule has 2 rings (SSSR count). The summed E-state index contributed by atoms with van der Waals surface area (Å²) in [6.45, 7) is 7.84. The van der Waals surface area contributed by atoms with Gasteiger partial charge in [0.1, 0.15) is 0 Å². The fraction of sp³-hybridized carbons (Fsp3) is 0.385. The SMILES string of the molecule is C=C1CCC(c2cc(C)c(C)cn2)C(=O)N1. The number of rotatable bonds is 1. The average molecular weight is 216 g/mol. The molecule has 1 atom stereocenters. The van der Waals surface area contributed by atoms with Crippen LogP contribution in [0.25, 0.3) is 0 Å². The molecule has 1 N–H and O–H groups in total. The highest BCUT2D eigenvalue weighted by atomic mass is 16.2. The molecule has 3 nitrogen and oxygen atoms in total. The first kappa shape index (κ1) is 10.9. The number of carbonyl (C=O) groups is 1. The Bertz CT molecular complexity index is 451. The number of pyridine rings is 1. The lowest BCUT2D eigenvalue weighted by Gasteiger charge is -2.23. The third kappa shape index (κ3) is 1.98. The monoisotopic (exact) mass is 216 g/mol. The van der Waals surface area contributed by atoms with E-state index in [4.69, 9.17) is 0 Å². The van der Waals surface area contributed by atoms with E-state index in [1.807, 2.05) is 26.1 Å². The molecule has 0 radical (unpaired) electrons. The lowest BCUT2D eigenvalue weighted by atomic mass is 9.92. The molecule has 0 aromatic carbocycles. The van der Waals surface area contributed by atoms with Crippen molar-refractivity contribution >= 4 is 5.91 Å². The van der Waals surface area contributed by atoms with Gasteiger partial charge in [-0.05, 0) is 43.9 Å². The Hall–Kier alpha value is -1.64. The van der Waals surface area contributed by atoms with Crippen LogP contribution in [0.2, 0.25) is 0 Å². The van der Waals surface area contributed by atoms with E-state index in [0.717, 1.165) is 29.8 Å². The zero-order valence-corrected chi connectivity index (χ0v) is 9.71. The van der Waals surface area contributed by atoms with Gasteiger partial charge in [-0.2, -0.15) is 0 Å². The molecule has 0 aliphatic carbocycles. The Balaban J connectivity index is 2.27. The number of piperidine rings is 1. The van der Waals surface area contributed by atoms with Crippen molar-refractivity contribution in [3.63, 3.8) is 0 Å². The lowest BCUT2D eigenvalue weighted by Crippen LogP contribution is -2.33. The summed E-state index contributed by atoms with van der Waals surface area (Å²) >= 11 is 0. The number of nitrogens with zero attached hydrogens (tertiary/aromatic N) is 1. The number of hydrogen-bond acceptors (Lipinski definition) is 2. The summed E-state index contributed by atoms with van der Waals surface area (Å²) in [4.78, 5) is 16.1. The summed E-state index contributed by atoms with van der Waals surface area (Å²) < 4.78 is 0. The molecule has 0 bridgehead atoms. The molecule has 1 aliphatic rings. The van der Waals surface area contributed by atoms with Gasteiger partial charge in [0.05, 0.1) is 11.6 Å². The van der Waals surface area contributed by atoms with Crippen molar-refractivity contribution in [2.24, 2.45) is 0 Å². The molecule has 16 heavy (non-hydrogen) atoms. The van der Waals surface area contributed by atoms with Gasteiger partial charge in [-0.15, -0.1) is 0 Å². The second-order valence-corrected chi connectivity index (χ2v) is 4.38. The predicted molar refractivity (Wildman–Crippen MR) is 63.0 cm³/mol. The van der Waals surface area contributed by atoms with Crippen LogP contribution in [0.4, 0.5) is 0 Å². The summed E-state index contributed by atoms with van der Waals surface area (Å²) in [5.41, 5.74) is 4.02. The number of allylic oxidation sites excluding steroid dienone is 1. The van der Waals surface area contributed by atoms with Crippen LogP contribution in [-0.4, -0.2) is 10.9 Å². The smallest absolute Gasteiger partial charge is 0.233 e. The first-order valence-electron chi connectivity index (χ1n) is 5.49. The number of aryl methyl sites for hydroxylation is 2. The Morgan fingerprint density at radius 3 is 2.81 bits per heavy atom. The molecule has 1 fully saturated rings. The summed E-state index contributed by atoms with van der Waals surface area (Å²) in [5.74, 6) is -0.100. The van der Waals surface area contributed by atoms with E-state index in [9.17, 15) is 4.79 Å². The summed E-state index contributed by atoms with van der Waals surface area (Å²) in [7, 11) is 0. The maximum atomic E-state index is 11.8.